The van der Waals surface area contributed by atoms with Crippen LogP contribution in [0.2, 0.25) is 5.02 Å². The molecule has 2 unspecified atom stereocenters. The molecule has 1 heterocycles. The Morgan fingerprint density at radius 2 is 2.12 bits per heavy atom. The van der Waals surface area contributed by atoms with Gasteiger partial charge in [0.05, 0.1) is 22.5 Å². The second-order valence-corrected chi connectivity index (χ2v) is 4.59. The van der Waals surface area contributed by atoms with Crippen molar-refractivity contribution in [1.29, 1.82) is 0 Å². The van der Waals surface area contributed by atoms with Crippen LogP contribution in [0, 0.1) is 0 Å². The van der Waals surface area contributed by atoms with Crippen LogP contribution in [-0.2, 0) is 24.6 Å². The molecule has 17 heavy (non-hydrogen) atoms. The Morgan fingerprint density at radius 1 is 1.47 bits per heavy atom. The number of nitrogens with zero attached hydrogens (tertiary/aromatic N) is 2. The molecular formula is C12H22ClN3O. The van der Waals surface area contributed by atoms with E-state index in [0.717, 1.165) is 22.8 Å². The number of nitrogens with two attached hydrogens (primary N) is 1. The van der Waals surface area contributed by atoms with Gasteiger partial charge in [0.25, 0.3) is 0 Å². The molecule has 2 atom stereocenters. The molecular weight excluding hydrogens is 238 g/mol. The summed E-state index contributed by atoms with van der Waals surface area (Å²) in [6.45, 7) is 6.67. The van der Waals surface area contributed by atoms with Crippen molar-refractivity contribution in [2.75, 3.05) is 6.61 Å². The zero-order valence-electron chi connectivity index (χ0n) is 11.0. The van der Waals surface area contributed by atoms with Crippen LogP contribution in [0.4, 0.5) is 0 Å². The Morgan fingerprint density at radius 3 is 2.59 bits per heavy atom. The molecule has 0 spiro atoms. The molecule has 98 valence electrons. The van der Waals surface area contributed by atoms with Crippen LogP contribution in [0.25, 0.3) is 0 Å². The summed E-state index contributed by atoms with van der Waals surface area (Å²) in [7, 11) is 1.90. The number of rotatable bonds is 6. The summed E-state index contributed by atoms with van der Waals surface area (Å²) in [6.07, 6.45) is 1.54. The SMILES string of the molecule is CCOC(C)C(N)Cc1c(Cl)c(CC)nn1C. The van der Waals surface area contributed by atoms with Gasteiger partial charge in [-0.1, -0.05) is 18.5 Å². The van der Waals surface area contributed by atoms with Gasteiger partial charge in [-0.2, -0.15) is 5.10 Å². The van der Waals surface area contributed by atoms with Gasteiger partial charge in [0.1, 0.15) is 0 Å². The summed E-state index contributed by atoms with van der Waals surface area (Å²) in [5.74, 6) is 0. The van der Waals surface area contributed by atoms with Crippen molar-refractivity contribution in [2.45, 2.75) is 45.8 Å². The maximum Gasteiger partial charge on any atom is 0.0850 e. The summed E-state index contributed by atoms with van der Waals surface area (Å²) in [4.78, 5) is 0. The van der Waals surface area contributed by atoms with E-state index in [1.807, 2.05) is 32.5 Å². The number of aromatic nitrogens is 2. The van der Waals surface area contributed by atoms with Gasteiger partial charge >= 0.3 is 0 Å². The van der Waals surface area contributed by atoms with Crippen LogP contribution in [0.1, 0.15) is 32.2 Å². The van der Waals surface area contributed by atoms with Gasteiger partial charge in [-0.3, -0.25) is 4.68 Å². The lowest BCUT2D eigenvalue weighted by atomic mass is 10.1. The summed E-state index contributed by atoms with van der Waals surface area (Å²) < 4.78 is 7.31. The largest absolute Gasteiger partial charge is 0.377 e. The molecule has 2 N–H and O–H groups in total. The summed E-state index contributed by atoms with van der Waals surface area (Å²) in [5.41, 5.74) is 8.02. The molecule has 0 fully saturated rings. The molecule has 5 heteroatoms. The highest BCUT2D eigenvalue weighted by atomic mass is 35.5. The lowest BCUT2D eigenvalue weighted by Crippen LogP contribution is -2.37. The number of aryl methyl sites for hydroxylation is 2. The van der Waals surface area contributed by atoms with Crippen LogP contribution in [0.5, 0.6) is 0 Å². The van der Waals surface area contributed by atoms with Gasteiger partial charge in [-0.25, -0.2) is 0 Å². The third-order valence-corrected chi connectivity index (χ3v) is 3.40. The minimum absolute atomic E-state index is 0.0241. The monoisotopic (exact) mass is 259 g/mol. The molecule has 1 rings (SSSR count). The average molecular weight is 260 g/mol. The van der Waals surface area contributed by atoms with Crippen molar-refractivity contribution < 1.29 is 4.74 Å². The first kappa shape index (κ1) is 14.5. The topological polar surface area (TPSA) is 53.1 Å². The van der Waals surface area contributed by atoms with Crippen molar-refractivity contribution >= 4 is 11.6 Å². The number of hydrogen-bond acceptors (Lipinski definition) is 3. The molecule has 0 aromatic carbocycles. The molecule has 0 aliphatic rings. The van der Waals surface area contributed by atoms with Crippen LogP contribution in [0.15, 0.2) is 0 Å². The molecule has 0 aliphatic carbocycles. The first-order chi connectivity index (χ1) is 8.01. The Labute approximate surface area is 108 Å². The average Bonchev–Trinajstić information content (AvgIpc) is 2.56. The lowest BCUT2D eigenvalue weighted by molar-refractivity contribution is 0.0573. The normalized spacial score (nSPS) is 14.9. The van der Waals surface area contributed by atoms with Crippen molar-refractivity contribution in [1.82, 2.24) is 9.78 Å². The van der Waals surface area contributed by atoms with Gasteiger partial charge in [-0.05, 0) is 20.3 Å². The standard InChI is InChI=1S/C12H22ClN3O/c1-5-10-12(13)11(16(4)15-10)7-9(14)8(3)17-6-2/h8-9H,5-7,14H2,1-4H3. The van der Waals surface area contributed by atoms with E-state index in [4.69, 9.17) is 22.1 Å². The summed E-state index contributed by atoms with van der Waals surface area (Å²) in [5, 5.41) is 5.12. The minimum Gasteiger partial charge on any atom is -0.377 e. The molecule has 1 aromatic heterocycles. The highest BCUT2D eigenvalue weighted by Crippen LogP contribution is 2.22. The van der Waals surface area contributed by atoms with E-state index in [1.165, 1.54) is 0 Å². The molecule has 0 aliphatic heterocycles. The Bertz CT molecular complexity index is 365. The summed E-state index contributed by atoms with van der Waals surface area (Å²) in [6, 6.07) is -0.0624. The fourth-order valence-electron chi connectivity index (χ4n) is 1.82. The first-order valence-electron chi connectivity index (χ1n) is 6.08. The molecule has 4 nitrogen and oxygen atoms in total. The van der Waals surface area contributed by atoms with Crippen LogP contribution >= 0.6 is 11.6 Å². The van der Waals surface area contributed by atoms with Gasteiger partial charge in [0, 0.05) is 26.1 Å². The highest BCUT2D eigenvalue weighted by Gasteiger charge is 2.19. The number of hydrogen-bond donors (Lipinski definition) is 1. The molecule has 0 amide bonds. The Hall–Kier alpha value is -0.580. The predicted molar refractivity (Wildman–Crippen MR) is 70.4 cm³/mol. The van der Waals surface area contributed by atoms with Gasteiger partial charge in [-0.15, -0.1) is 0 Å². The number of ether oxygens (including phenoxy) is 1. The second kappa shape index (κ2) is 6.38. The third kappa shape index (κ3) is 3.44. The highest BCUT2D eigenvalue weighted by molar-refractivity contribution is 6.31. The fraction of sp³-hybridized carbons (Fsp3) is 0.750. The lowest BCUT2D eigenvalue weighted by Gasteiger charge is -2.19. The number of halogens is 1. The molecule has 1 aromatic rings. The van der Waals surface area contributed by atoms with E-state index in [9.17, 15) is 0 Å². The maximum absolute atomic E-state index is 6.28. The van der Waals surface area contributed by atoms with Gasteiger partial charge in [0.15, 0.2) is 0 Å². The van der Waals surface area contributed by atoms with Crippen molar-refractivity contribution in [3.05, 3.63) is 16.4 Å². The van der Waals surface area contributed by atoms with Gasteiger partial charge < -0.3 is 10.5 Å². The van der Waals surface area contributed by atoms with Crippen LogP contribution in [0.3, 0.4) is 0 Å². The Balaban J connectivity index is 2.77. The maximum atomic E-state index is 6.28. The first-order valence-corrected chi connectivity index (χ1v) is 6.46. The van der Waals surface area contributed by atoms with E-state index in [0.29, 0.717) is 13.0 Å². The van der Waals surface area contributed by atoms with E-state index in [-0.39, 0.29) is 12.1 Å². The van der Waals surface area contributed by atoms with Gasteiger partial charge in [0.2, 0.25) is 0 Å². The predicted octanol–water partition coefficient (Wildman–Crippen LogP) is 1.93. The quantitative estimate of drug-likeness (QED) is 0.849. The van der Waals surface area contributed by atoms with E-state index < -0.39 is 0 Å². The molecule has 0 saturated carbocycles. The summed E-state index contributed by atoms with van der Waals surface area (Å²) >= 11 is 6.28. The van der Waals surface area contributed by atoms with Crippen molar-refractivity contribution in [2.24, 2.45) is 12.8 Å². The van der Waals surface area contributed by atoms with Crippen LogP contribution in [-0.4, -0.2) is 28.5 Å². The van der Waals surface area contributed by atoms with Crippen molar-refractivity contribution in [3.63, 3.8) is 0 Å². The van der Waals surface area contributed by atoms with E-state index in [1.54, 1.807) is 0 Å². The Kier molecular flexibility index (Phi) is 5.43. The third-order valence-electron chi connectivity index (χ3n) is 2.96. The zero-order chi connectivity index (χ0) is 13.0. The fourth-order valence-corrected chi connectivity index (χ4v) is 2.19. The van der Waals surface area contributed by atoms with E-state index in [2.05, 4.69) is 5.10 Å². The minimum atomic E-state index is -0.0624. The molecule has 0 bridgehead atoms. The second-order valence-electron chi connectivity index (χ2n) is 4.21. The van der Waals surface area contributed by atoms with Crippen LogP contribution < -0.4 is 5.73 Å². The van der Waals surface area contributed by atoms with Crippen molar-refractivity contribution in [3.8, 4) is 0 Å². The van der Waals surface area contributed by atoms with E-state index >= 15 is 0 Å². The molecule has 0 saturated heterocycles. The zero-order valence-corrected chi connectivity index (χ0v) is 11.8. The smallest absolute Gasteiger partial charge is 0.0850 e. The molecule has 0 radical (unpaired) electrons.